The van der Waals surface area contributed by atoms with Gasteiger partial charge in [0.05, 0.1) is 29.4 Å². The number of hydrogen-bond donors (Lipinski definition) is 3. The molecule has 4 aromatic rings. The number of anilines is 2. The number of benzene rings is 3. The second kappa shape index (κ2) is 9.06. The van der Waals surface area contributed by atoms with E-state index in [4.69, 9.17) is 4.74 Å². The lowest BCUT2D eigenvalue weighted by Gasteiger charge is -2.17. The van der Waals surface area contributed by atoms with Crippen LogP contribution in [0.25, 0.3) is 22.0 Å². The number of ether oxygens (including phenoxy) is 1. The van der Waals surface area contributed by atoms with Crippen molar-refractivity contribution in [2.45, 2.75) is 18.9 Å². The fraction of sp³-hybridized carbons (Fsp3) is 0.148. The number of nitrogens with zero attached hydrogens (tertiary/aromatic N) is 1. The van der Waals surface area contributed by atoms with E-state index in [9.17, 15) is 19.1 Å². The Hall–Kier alpha value is -4.46. The van der Waals surface area contributed by atoms with Crippen molar-refractivity contribution in [1.29, 1.82) is 0 Å². The number of aromatic carboxylic acids is 1. The molecule has 35 heavy (non-hydrogen) atoms. The average molecular weight is 471 g/mol. The molecule has 0 atom stereocenters. The van der Waals surface area contributed by atoms with Crippen LogP contribution < -0.4 is 15.4 Å². The molecule has 7 nitrogen and oxygen atoms in total. The van der Waals surface area contributed by atoms with E-state index in [-0.39, 0.29) is 11.9 Å². The smallest absolute Gasteiger partial charge is 0.338 e. The van der Waals surface area contributed by atoms with Crippen LogP contribution in [0.3, 0.4) is 0 Å². The third-order valence-corrected chi connectivity index (χ3v) is 5.90. The lowest BCUT2D eigenvalue weighted by atomic mass is 9.98. The number of carboxylic acids is 1. The zero-order chi connectivity index (χ0) is 24.5. The van der Waals surface area contributed by atoms with Crippen LogP contribution in [0.2, 0.25) is 0 Å². The highest BCUT2D eigenvalue weighted by molar-refractivity contribution is 6.09. The van der Waals surface area contributed by atoms with Crippen molar-refractivity contribution >= 4 is 34.2 Å². The zero-order valence-electron chi connectivity index (χ0n) is 18.8. The number of para-hydroxylation sites is 1. The molecule has 8 heteroatoms. The Morgan fingerprint density at radius 2 is 1.83 bits per heavy atom. The summed E-state index contributed by atoms with van der Waals surface area (Å²) < 4.78 is 20.0. The molecule has 1 fully saturated rings. The highest BCUT2D eigenvalue weighted by Crippen LogP contribution is 2.39. The maximum Gasteiger partial charge on any atom is 0.338 e. The third-order valence-electron chi connectivity index (χ3n) is 5.90. The summed E-state index contributed by atoms with van der Waals surface area (Å²) in [6, 6.07) is 17.0. The van der Waals surface area contributed by atoms with Crippen LogP contribution in [0.5, 0.6) is 5.75 Å². The third kappa shape index (κ3) is 4.50. The van der Waals surface area contributed by atoms with Gasteiger partial charge in [0.2, 0.25) is 0 Å². The molecular formula is C27H22FN3O4. The standard InChI is InChI=1S/C27H22FN3O4/c1-35-24-13-23-20(12-19(24)15-7-10-18(27(33)34)22(28)11-15)25(30-16-5-3-2-4-6-16)21(14-29-23)26(32)31-17-8-9-17/h2-7,10-14,17H,8-9H2,1H3,(H,29,30)(H,31,32)(H,33,34). The largest absolute Gasteiger partial charge is 0.496 e. The number of hydrogen-bond acceptors (Lipinski definition) is 5. The minimum atomic E-state index is -1.34. The summed E-state index contributed by atoms with van der Waals surface area (Å²) in [6.45, 7) is 0. The molecule has 1 aliphatic rings. The second-order valence-electron chi connectivity index (χ2n) is 8.36. The maximum atomic E-state index is 14.5. The monoisotopic (exact) mass is 471 g/mol. The molecule has 0 saturated heterocycles. The minimum Gasteiger partial charge on any atom is -0.496 e. The van der Waals surface area contributed by atoms with E-state index in [2.05, 4.69) is 15.6 Å². The first-order valence-electron chi connectivity index (χ1n) is 11.1. The fourth-order valence-corrected chi connectivity index (χ4v) is 3.93. The van der Waals surface area contributed by atoms with Crippen molar-refractivity contribution in [2.24, 2.45) is 0 Å². The maximum absolute atomic E-state index is 14.5. The Kier molecular flexibility index (Phi) is 5.78. The van der Waals surface area contributed by atoms with Crippen molar-refractivity contribution in [3.05, 3.63) is 83.8 Å². The predicted octanol–water partition coefficient (Wildman–Crippen LogP) is 5.38. The predicted molar refractivity (Wildman–Crippen MR) is 131 cm³/mol. The molecule has 0 bridgehead atoms. The summed E-state index contributed by atoms with van der Waals surface area (Å²) in [5.74, 6) is -1.98. The Bertz CT molecular complexity index is 1450. The van der Waals surface area contributed by atoms with Crippen LogP contribution in [0.15, 0.2) is 66.9 Å². The quantitative estimate of drug-likeness (QED) is 0.334. The summed E-state index contributed by atoms with van der Waals surface area (Å²) in [5, 5.41) is 16.2. The van der Waals surface area contributed by atoms with Crippen LogP contribution in [-0.4, -0.2) is 35.1 Å². The van der Waals surface area contributed by atoms with E-state index >= 15 is 0 Å². The van der Waals surface area contributed by atoms with Crippen LogP contribution in [0.1, 0.15) is 33.6 Å². The van der Waals surface area contributed by atoms with E-state index in [1.165, 1.54) is 25.4 Å². The first-order chi connectivity index (χ1) is 16.9. The number of amides is 1. The molecule has 1 aliphatic carbocycles. The van der Waals surface area contributed by atoms with Crippen molar-refractivity contribution in [2.75, 3.05) is 12.4 Å². The summed E-state index contributed by atoms with van der Waals surface area (Å²) in [6.07, 6.45) is 3.44. The van der Waals surface area contributed by atoms with Crippen LogP contribution in [0.4, 0.5) is 15.8 Å². The number of aromatic nitrogens is 1. The number of nitrogens with one attached hydrogen (secondary N) is 2. The SMILES string of the molecule is COc1cc2ncc(C(=O)NC3CC3)c(Nc3ccccc3)c2cc1-c1ccc(C(=O)O)c(F)c1. The average Bonchev–Trinajstić information content (AvgIpc) is 3.67. The molecule has 3 aromatic carbocycles. The van der Waals surface area contributed by atoms with Crippen LogP contribution >= 0.6 is 0 Å². The molecule has 0 spiro atoms. The van der Waals surface area contributed by atoms with E-state index < -0.39 is 17.3 Å². The molecule has 1 heterocycles. The number of carboxylic acid groups (broad SMARTS) is 1. The fourth-order valence-electron chi connectivity index (χ4n) is 3.93. The summed E-state index contributed by atoms with van der Waals surface area (Å²) in [7, 11) is 1.49. The summed E-state index contributed by atoms with van der Waals surface area (Å²) in [5.41, 5.74) is 2.87. The highest BCUT2D eigenvalue weighted by Gasteiger charge is 2.26. The number of carbonyl (C=O) groups is 2. The Labute approximate surface area is 200 Å². The number of fused-ring (bicyclic) bond motifs is 1. The lowest BCUT2D eigenvalue weighted by Crippen LogP contribution is -2.26. The van der Waals surface area contributed by atoms with Crippen molar-refractivity contribution in [3.8, 4) is 16.9 Å². The van der Waals surface area contributed by atoms with Gasteiger partial charge in [-0.3, -0.25) is 9.78 Å². The van der Waals surface area contributed by atoms with Gasteiger partial charge in [-0.15, -0.1) is 0 Å². The van der Waals surface area contributed by atoms with Crippen molar-refractivity contribution < 1.29 is 23.8 Å². The molecule has 3 N–H and O–H groups in total. The molecule has 1 amide bonds. The highest BCUT2D eigenvalue weighted by atomic mass is 19.1. The molecular weight excluding hydrogens is 449 g/mol. The zero-order valence-corrected chi connectivity index (χ0v) is 18.8. The lowest BCUT2D eigenvalue weighted by molar-refractivity contribution is 0.0691. The van der Waals surface area contributed by atoms with E-state index in [0.29, 0.717) is 39.0 Å². The Balaban J connectivity index is 1.70. The molecule has 1 saturated carbocycles. The number of pyridine rings is 1. The van der Waals surface area contributed by atoms with Gasteiger partial charge in [0, 0.05) is 34.9 Å². The molecule has 5 rings (SSSR count). The van der Waals surface area contributed by atoms with Gasteiger partial charge in [-0.2, -0.15) is 0 Å². The Morgan fingerprint density at radius 3 is 2.49 bits per heavy atom. The normalized spacial score (nSPS) is 12.9. The van der Waals surface area contributed by atoms with E-state index in [1.54, 1.807) is 12.1 Å². The van der Waals surface area contributed by atoms with Gasteiger partial charge in [-0.1, -0.05) is 24.3 Å². The molecule has 176 valence electrons. The van der Waals surface area contributed by atoms with Crippen LogP contribution in [0, 0.1) is 5.82 Å². The first kappa shape index (κ1) is 22.3. The Morgan fingerprint density at radius 1 is 1.06 bits per heavy atom. The number of methoxy groups -OCH3 is 1. The first-order valence-corrected chi connectivity index (χ1v) is 11.1. The number of rotatable bonds is 7. The van der Waals surface area contributed by atoms with Gasteiger partial charge < -0.3 is 20.5 Å². The van der Waals surface area contributed by atoms with Gasteiger partial charge in [0.25, 0.3) is 5.91 Å². The summed E-state index contributed by atoms with van der Waals surface area (Å²) >= 11 is 0. The van der Waals surface area contributed by atoms with Gasteiger partial charge >= 0.3 is 5.97 Å². The van der Waals surface area contributed by atoms with Gasteiger partial charge in [-0.05, 0) is 48.7 Å². The molecule has 0 aliphatic heterocycles. The van der Waals surface area contributed by atoms with Crippen LogP contribution in [-0.2, 0) is 0 Å². The second-order valence-corrected chi connectivity index (χ2v) is 8.36. The van der Waals surface area contributed by atoms with Gasteiger partial charge in [0.15, 0.2) is 0 Å². The van der Waals surface area contributed by atoms with E-state index in [0.717, 1.165) is 24.6 Å². The molecule has 1 aromatic heterocycles. The van der Waals surface area contributed by atoms with E-state index in [1.807, 2.05) is 30.3 Å². The molecule has 0 unspecified atom stereocenters. The molecule has 0 radical (unpaired) electrons. The number of halogens is 1. The van der Waals surface area contributed by atoms with Crippen molar-refractivity contribution in [1.82, 2.24) is 10.3 Å². The number of carbonyl (C=O) groups excluding carboxylic acids is 1. The van der Waals surface area contributed by atoms with Gasteiger partial charge in [-0.25, -0.2) is 9.18 Å². The van der Waals surface area contributed by atoms with Gasteiger partial charge in [0.1, 0.15) is 11.6 Å². The van der Waals surface area contributed by atoms with Crippen molar-refractivity contribution in [3.63, 3.8) is 0 Å². The summed E-state index contributed by atoms with van der Waals surface area (Å²) in [4.78, 5) is 28.8. The topological polar surface area (TPSA) is 101 Å². The minimum absolute atomic E-state index is 0.171.